The van der Waals surface area contributed by atoms with Gasteiger partial charge >= 0.3 is 0 Å². The molecule has 0 aromatic heterocycles. The van der Waals surface area contributed by atoms with E-state index in [0.717, 1.165) is 51.4 Å². The molecule has 0 bridgehead atoms. The number of Topliss-reactive ketones (excluding diaryl/α,β-unsaturated/α-hetero) is 1. The molecule has 0 saturated heterocycles. The van der Waals surface area contributed by atoms with Gasteiger partial charge in [0, 0.05) is 27.6 Å². The highest BCUT2D eigenvalue weighted by Crippen LogP contribution is 2.35. The third-order valence-corrected chi connectivity index (χ3v) is 7.17. The minimum absolute atomic E-state index is 0.0673. The van der Waals surface area contributed by atoms with Crippen molar-refractivity contribution in [1.82, 2.24) is 0 Å². The Bertz CT molecular complexity index is 1020. The van der Waals surface area contributed by atoms with E-state index in [-0.39, 0.29) is 16.0 Å². The molecule has 170 valence electrons. The summed E-state index contributed by atoms with van der Waals surface area (Å²) < 4.78 is 0. The van der Waals surface area contributed by atoms with Crippen LogP contribution < -0.4 is 0 Å². The molecule has 2 aromatic rings. The van der Waals surface area contributed by atoms with Crippen molar-refractivity contribution >= 4 is 68.3 Å². The second-order valence-corrected chi connectivity index (χ2v) is 9.83. The minimum atomic E-state index is -0.0673. The molecule has 0 heterocycles. The van der Waals surface area contributed by atoms with Gasteiger partial charge in [0.2, 0.25) is 10.2 Å². The molecule has 7 heteroatoms. The van der Waals surface area contributed by atoms with Crippen LogP contribution >= 0.6 is 46.7 Å². The highest BCUT2D eigenvalue weighted by atomic mass is 35.5. The number of halogens is 2. The Morgan fingerprint density at radius 3 is 1.66 bits per heavy atom. The number of unbranched alkanes of at least 4 members (excludes halogenated alkanes) is 1. The van der Waals surface area contributed by atoms with Crippen LogP contribution in [0.15, 0.2) is 30.3 Å². The number of carbonyl (C=O) groups excluding carboxylic acids is 3. The number of carbonyl (C=O) groups is 3. The van der Waals surface area contributed by atoms with E-state index in [2.05, 4.69) is 0 Å². The van der Waals surface area contributed by atoms with E-state index >= 15 is 0 Å². The van der Waals surface area contributed by atoms with Crippen molar-refractivity contribution in [1.29, 1.82) is 0 Å². The van der Waals surface area contributed by atoms with Gasteiger partial charge in [0.25, 0.3) is 0 Å². The van der Waals surface area contributed by atoms with Crippen molar-refractivity contribution in [2.45, 2.75) is 40.0 Å². The predicted molar refractivity (Wildman–Crippen MR) is 140 cm³/mol. The minimum Gasteiger partial charge on any atom is -0.300 e. The second kappa shape index (κ2) is 12.1. The summed E-state index contributed by atoms with van der Waals surface area (Å²) in [4.78, 5) is 36.3. The van der Waals surface area contributed by atoms with E-state index in [1.807, 2.05) is 44.2 Å². The summed E-state index contributed by atoms with van der Waals surface area (Å²) in [5, 5.41) is 0.853. The van der Waals surface area contributed by atoms with Crippen LogP contribution in [-0.4, -0.2) is 28.5 Å². The fraction of sp³-hybridized carbons (Fsp3) is 0.320. The molecule has 2 rings (SSSR count). The lowest BCUT2D eigenvalue weighted by Crippen LogP contribution is -2.02. The fourth-order valence-electron chi connectivity index (χ4n) is 3.31. The maximum Gasteiger partial charge on any atom is 0.219 e. The Balaban J connectivity index is 2.71. The number of ketones is 1. The summed E-state index contributed by atoms with van der Waals surface area (Å²) >= 11 is 15.3. The van der Waals surface area contributed by atoms with Crippen LogP contribution in [0.25, 0.3) is 5.57 Å². The molecular formula is C25H26Cl2O3S2. The van der Waals surface area contributed by atoms with E-state index in [1.165, 1.54) is 0 Å². The van der Waals surface area contributed by atoms with Gasteiger partial charge in [-0.05, 0) is 98.2 Å². The summed E-state index contributed by atoms with van der Waals surface area (Å²) in [5.74, 6) is 0.136. The SMILES string of the molecule is CSC(=O)c1cc(C(=CCCCC(C)=O)c2cc(Cl)c(C)c(C(=O)SC)c2)cc(Cl)c1C. The van der Waals surface area contributed by atoms with Crippen LogP contribution in [0, 0.1) is 13.8 Å². The van der Waals surface area contributed by atoms with Gasteiger partial charge in [0.05, 0.1) is 0 Å². The average Bonchev–Trinajstić information content (AvgIpc) is 2.76. The van der Waals surface area contributed by atoms with Gasteiger partial charge in [-0.15, -0.1) is 0 Å². The molecule has 0 atom stereocenters. The molecular weight excluding hydrogens is 483 g/mol. The fourth-order valence-corrected chi connectivity index (χ4v) is 4.61. The summed E-state index contributed by atoms with van der Waals surface area (Å²) in [5.41, 5.74) is 4.91. The van der Waals surface area contributed by atoms with E-state index < -0.39 is 0 Å². The van der Waals surface area contributed by atoms with Gasteiger partial charge in [-0.2, -0.15) is 0 Å². The number of rotatable bonds is 8. The number of hydrogen-bond donors (Lipinski definition) is 0. The third-order valence-electron chi connectivity index (χ3n) is 5.20. The topological polar surface area (TPSA) is 51.2 Å². The van der Waals surface area contributed by atoms with Crippen molar-refractivity contribution < 1.29 is 14.4 Å². The first-order valence-corrected chi connectivity index (χ1v) is 13.3. The lowest BCUT2D eigenvalue weighted by atomic mass is 9.91. The van der Waals surface area contributed by atoms with Crippen LogP contribution in [0.3, 0.4) is 0 Å². The Morgan fingerprint density at radius 2 is 1.28 bits per heavy atom. The Labute approximate surface area is 208 Å². The van der Waals surface area contributed by atoms with Gasteiger partial charge in [0.15, 0.2) is 0 Å². The number of thioether (sulfide) groups is 2. The van der Waals surface area contributed by atoms with Crippen LogP contribution in [0.4, 0.5) is 0 Å². The monoisotopic (exact) mass is 508 g/mol. The lowest BCUT2D eigenvalue weighted by Gasteiger charge is -2.16. The Kier molecular flexibility index (Phi) is 10.1. The summed E-state index contributed by atoms with van der Waals surface area (Å²) in [6, 6.07) is 7.32. The smallest absolute Gasteiger partial charge is 0.219 e. The molecule has 0 fully saturated rings. The molecule has 0 radical (unpaired) electrons. The van der Waals surface area contributed by atoms with Crippen molar-refractivity contribution in [3.05, 3.63) is 73.8 Å². The van der Waals surface area contributed by atoms with Crippen LogP contribution in [0.2, 0.25) is 10.0 Å². The molecule has 0 N–H and O–H groups in total. The zero-order valence-electron chi connectivity index (χ0n) is 18.8. The molecule has 3 nitrogen and oxygen atoms in total. The Hall–Kier alpha value is -1.53. The van der Waals surface area contributed by atoms with E-state index in [4.69, 9.17) is 23.2 Å². The van der Waals surface area contributed by atoms with Gasteiger partial charge in [-0.3, -0.25) is 9.59 Å². The molecule has 0 aliphatic carbocycles. The molecule has 32 heavy (non-hydrogen) atoms. The van der Waals surface area contributed by atoms with Gasteiger partial charge in [-0.1, -0.05) is 52.8 Å². The average molecular weight is 510 g/mol. The largest absolute Gasteiger partial charge is 0.300 e. The van der Waals surface area contributed by atoms with Gasteiger partial charge < -0.3 is 4.79 Å². The van der Waals surface area contributed by atoms with Crippen LogP contribution in [-0.2, 0) is 4.79 Å². The predicted octanol–water partition coefficient (Wildman–Crippen LogP) is 7.81. The molecule has 0 amide bonds. The summed E-state index contributed by atoms with van der Waals surface area (Å²) in [6.07, 6.45) is 7.34. The number of benzene rings is 2. The van der Waals surface area contributed by atoms with Gasteiger partial charge in [-0.25, -0.2) is 0 Å². The van der Waals surface area contributed by atoms with Crippen LogP contribution in [0.1, 0.15) is 69.2 Å². The van der Waals surface area contributed by atoms with Crippen molar-refractivity contribution in [3.63, 3.8) is 0 Å². The van der Waals surface area contributed by atoms with Crippen molar-refractivity contribution in [3.8, 4) is 0 Å². The first kappa shape index (κ1) is 26.7. The molecule has 0 aliphatic heterocycles. The molecule has 0 saturated carbocycles. The van der Waals surface area contributed by atoms with Crippen molar-refractivity contribution in [2.24, 2.45) is 0 Å². The van der Waals surface area contributed by atoms with E-state index in [1.54, 1.807) is 19.4 Å². The molecule has 2 aromatic carbocycles. The van der Waals surface area contributed by atoms with Crippen molar-refractivity contribution in [2.75, 3.05) is 12.5 Å². The quantitative estimate of drug-likeness (QED) is 0.340. The molecule has 0 unspecified atom stereocenters. The maximum absolute atomic E-state index is 12.5. The summed E-state index contributed by atoms with van der Waals surface area (Å²) in [7, 11) is 0. The van der Waals surface area contributed by atoms with E-state index in [9.17, 15) is 14.4 Å². The zero-order chi connectivity index (χ0) is 24.0. The Morgan fingerprint density at radius 1 is 0.844 bits per heavy atom. The van der Waals surface area contributed by atoms with E-state index in [0.29, 0.717) is 40.4 Å². The number of hydrogen-bond acceptors (Lipinski definition) is 5. The zero-order valence-corrected chi connectivity index (χ0v) is 22.0. The summed E-state index contributed by atoms with van der Waals surface area (Å²) in [6.45, 7) is 5.22. The molecule has 0 spiro atoms. The standard InChI is InChI=1S/C25H26Cl2O3S2/c1-14(28)8-6-7-9-19(17-10-20(24(29)31-4)15(2)22(26)12-17)18-11-21(25(30)32-5)16(3)23(27)13-18/h9-13H,6-8H2,1-5H3. The van der Waals surface area contributed by atoms with Gasteiger partial charge in [0.1, 0.15) is 5.78 Å². The van der Waals surface area contributed by atoms with Crippen LogP contribution in [0.5, 0.6) is 0 Å². The third kappa shape index (κ3) is 6.50. The first-order chi connectivity index (χ1) is 15.1. The lowest BCUT2D eigenvalue weighted by molar-refractivity contribution is -0.117. The first-order valence-electron chi connectivity index (χ1n) is 10.1. The normalized spacial score (nSPS) is 10.7. The second-order valence-electron chi connectivity index (χ2n) is 7.46. The molecule has 0 aliphatic rings. The highest BCUT2D eigenvalue weighted by molar-refractivity contribution is 8.13. The maximum atomic E-state index is 12.5. The number of allylic oxidation sites excluding steroid dienone is 1. The highest BCUT2D eigenvalue weighted by Gasteiger charge is 2.18.